The standard InChI is InChI=1S/C15H25NO/c1-2-10-16-14(8-9-15(16)12-17)11-13-6-4-3-5-7-13/h8-9,13,17H,2-7,10-12H2,1H3. The highest BCUT2D eigenvalue weighted by Crippen LogP contribution is 2.27. The molecule has 0 aromatic carbocycles. The molecule has 0 amide bonds. The molecule has 2 rings (SSSR count). The SMILES string of the molecule is CCCn1c(CO)ccc1CC1CCCCC1. The highest BCUT2D eigenvalue weighted by molar-refractivity contribution is 5.16. The second kappa shape index (κ2) is 6.25. The Morgan fingerprint density at radius 2 is 1.88 bits per heavy atom. The quantitative estimate of drug-likeness (QED) is 0.830. The van der Waals surface area contributed by atoms with E-state index in [4.69, 9.17) is 0 Å². The van der Waals surface area contributed by atoms with E-state index in [0.29, 0.717) is 0 Å². The molecule has 17 heavy (non-hydrogen) atoms. The predicted molar refractivity (Wildman–Crippen MR) is 70.9 cm³/mol. The van der Waals surface area contributed by atoms with Crippen molar-refractivity contribution in [3.63, 3.8) is 0 Å². The van der Waals surface area contributed by atoms with Gasteiger partial charge >= 0.3 is 0 Å². The summed E-state index contributed by atoms with van der Waals surface area (Å²) < 4.78 is 2.33. The molecule has 1 aromatic heterocycles. The van der Waals surface area contributed by atoms with Gasteiger partial charge < -0.3 is 9.67 Å². The van der Waals surface area contributed by atoms with Gasteiger partial charge in [0.15, 0.2) is 0 Å². The van der Waals surface area contributed by atoms with Crippen LogP contribution < -0.4 is 0 Å². The molecule has 0 radical (unpaired) electrons. The Hall–Kier alpha value is -0.760. The first-order valence-corrected chi connectivity index (χ1v) is 7.13. The molecule has 0 saturated heterocycles. The van der Waals surface area contributed by atoms with Crippen molar-refractivity contribution in [2.24, 2.45) is 5.92 Å². The van der Waals surface area contributed by atoms with Gasteiger partial charge in [-0.15, -0.1) is 0 Å². The summed E-state index contributed by atoms with van der Waals surface area (Å²) in [5.74, 6) is 0.876. The maximum absolute atomic E-state index is 9.34. The van der Waals surface area contributed by atoms with Crippen LogP contribution in [0.25, 0.3) is 0 Å². The van der Waals surface area contributed by atoms with Gasteiger partial charge in [-0.05, 0) is 30.9 Å². The Bertz CT molecular complexity index is 337. The maximum Gasteiger partial charge on any atom is 0.0832 e. The fraction of sp³-hybridized carbons (Fsp3) is 0.733. The van der Waals surface area contributed by atoms with E-state index < -0.39 is 0 Å². The summed E-state index contributed by atoms with van der Waals surface area (Å²) in [5, 5.41) is 9.34. The van der Waals surface area contributed by atoms with Crippen molar-refractivity contribution in [1.82, 2.24) is 4.57 Å². The third-order valence-corrected chi connectivity index (χ3v) is 3.99. The Morgan fingerprint density at radius 3 is 2.53 bits per heavy atom. The van der Waals surface area contributed by atoms with Gasteiger partial charge in [0.2, 0.25) is 0 Å². The van der Waals surface area contributed by atoms with E-state index in [-0.39, 0.29) is 6.61 Å². The number of nitrogens with zero attached hydrogens (tertiary/aromatic N) is 1. The number of aromatic nitrogens is 1. The first-order chi connectivity index (χ1) is 8.35. The summed E-state index contributed by atoms with van der Waals surface area (Å²) in [6.45, 7) is 3.42. The first kappa shape index (κ1) is 12.7. The Labute approximate surface area is 105 Å². The van der Waals surface area contributed by atoms with Crippen LogP contribution >= 0.6 is 0 Å². The minimum Gasteiger partial charge on any atom is -0.390 e. The van der Waals surface area contributed by atoms with Crippen molar-refractivity contribution in [2.75, 3.05) is 0 Å². The third kappa shape index (κ3) is 3.12. The molecule has 0 bridgehead atoms. The van der Waals surface area contributed by atoms with E-state index in [1.165, 1.54) is 44.2 Å². The van der Waals surface area contributed by atoms with Crippen LogP contribution in [0.5, 0.6) is 0 Å². The molecule has 0 unspecified atom stereocenters. The molecule has 1 heterocycles. The van der Waals surface area contributed by atoms with Gasteiger partial charge in [-0.2, -0.15) is 0 Å². The fourth-order valence-electron chi connectivity index (χ4n) is 3.07. The molecule has 2 heteroatoms. The second-order valence-corrected chi connectivity index (χ2v) is 5.33. The lowest BCUT2D eigenvalue weighted by molar-refractivity contribution is 0.268. The van der Waals surface area contributed by atoms with Gasteiger partial charge in [-0.25, -0.2) is 0 Å². The largest absolute Gasteiger partial charge is 0.390 e. The van der Waals surface area contributed by atoms with E-state index in [1.54, 1.807) is 0 Å². The van der Waals surface area contributed by atoms with Gasteiger partial charge in [0.05, 0.1) is 6.61 Å². The van der Waals surface area contributed by atoms with Crippen LogP contribution in [0.3, 0.4) is 0 Å². The molecule has 1 aromatic rings. The van der Waals surface area contributed by atoms with Gasteiger partial charge in [0.1, 0.15) is 0 Å². The lowest BCUT2D eigenvalue weighted by Gasteiger charge is -2.22. The number of aliphatic hydroxyl groups excluding tert-OH is 1. The monoisotopic (exact) mass is 235 g/mol. The lowest BCUT2D eigenvalue weighted by Crippen LogP contribution is -2.14. The van der Waals surface area contributed by atoms with Crippen LogP contribution in [-0.4, -0.2) is 9.67 Å². The minimum atomic E-state index is 0.171. The minimum absolute atomic E-state index is 0.171. The summed E-state index contributed by atoms with van der Waals surface area (Å²) in [6.07, 6.45) is 9.38. The van der Waals surface area contributed by atoms with Crippen molar-refractivity contribution in [3.8, 4) is 0 Å². The summed E-state index contributed by atoms with van der Waals surface area (Å²) in [7, 11) is 0. The Morgan fingerprint density at radius 1 is 1.18 bits per heavy atom. The average Bonchev–Trinajstić information content (AvgIpc) is 2.74. The smallest absolute Gasteiger partial charge is 0.0832 e. The highest BCUT2D eigenvalue weighted by Gasteiger charge is 2.16. The molecule has 1 N–H and O–H groups in total. The zero-order valence-corrected chi connectivity index (χ0v) is 11.0. The summed E-state index contributed by atoms with van der Waals surface area (Å²) >= 11 is 0. The van der Waals surface area contributed by atoms with Crippen molar-refractivity contribution in [1.29, 1.82) is 0 Å². The number of rotatable bonds is 5. The molecule has 1 aliphatic carbocycles. The van der Waals surface area contributed by atoms with Crippen LogP contribution in [0.15, 0.2) is 12.1 Å². The van der Waals surface area contributed by atoms with Crippen molar-refractivity contribution < 1.29 is 5.11 Å². The van der Waals surface area contributed by atoms with E-state index in [0.717, 1.165) is 24.6 Å². The summed E-state index contributed by atoms with van der Waals surface area (Å²) in [6, 6.07) is 4.31. The van der Waals surface area contributed by atoms with Crippen LogP contribution in [0.4, 0.5) is 0 Å². The van der Waals surface area contributed by atoms with Crippen molar-refractivity contribution in [2.45, 2.75) is 65.0 Å². The molecule has 0 atom stereocenters. The predicted octanol–water partition coefficient (Wildman–Crippen LogP) is 3.51. The van der Waals surface area contributed by atoms with Crippen LogP contribution in [-0.2, 0) is 19.6 Å². The summed E-state index contributed by atoms with van der Waals surface area (Å²) in [5.41, 5.74) is 2.51. The van der Waals surface area contributed by atoms with Gasteiger partial charge in [-0.1, -0.05) is 39.0 Å². The Kier molecular flexibility index (Phi) is 4.66. The molecule has 2 nitrogen and oxygen atoms in total. The van der Waals surface area contributed by atoms with Crippen molar-refractivity contribution in [3.05, 3.63) is 23.5 Å². The number of hydrogen-bond donors (Lipinski definition) is 1. The number of hydrogen-bond acceptors (Lipinski definition) is 1. The molecule has 0 aliphatic heterocycles. The molecule has 96 valence electrons. The molecule has 0 spiro atoms. The van der Waals surface area contributed by atoms with E-state index in [1.807, 2.05) is 0 Å². The third-order valence-electron chi connectivity index (χ3n) is 3.99. The molecule has 1 saturated carbocycles. The second-order valence-electron chi connectivity index (χ2n) is 5.33. The average molecular weight is 235 g/mol. The van der Waals surface area contributed by atoms with Crippen LogP contribution in [0, 0.1) is 5.92 Å². The van der Waals surface area contributed by atoms with Crippen LogP contribution in [0.2, 0.25) is 0 Å². The molecule has 1 aliphatic rings. The van der Waals surface area contributed by atoms with E-state index in [9.17, 15) is 5.11 Å². The molecular formula is C15H25NO. The molecule has 1 fully saturated rings. The van der Waals surface area contributed by atoms with Gasteiger partial charge in [0, 0.05) is 17.9 Å². The Balaban J connectivity index is 2.05. The topological polar surface area (TPSA) is 25.2 Å². The fourth-order valence-corrected chi connectivity index (χ4v) is 3.07. The maximum atomic E-state index is 9.34. The van der Waals surface area contributed by atoms with Crippen molar-refractivity contribution >= 4 is 0 Å². The number of aliphatic hydroxyl groups is 1. The zero-order valence-electron chi connectivity index (χ0n) is 11.0. The van der Waals surface area contributed by atoms with E-state index >= 15 is 0 Å². The molecular weight excluding hydrogens is 210 g/mol. The highest BCUT2D eigenvalue weighted by atomic mass is 16.3. The summed E-state index contributed by atoms with van der Waals surface area (Å²) in [4.78, 5) is 0. The zero-order chi connectivity index (χ0) is 12.1. The van der Waals surface area contributed by atoms with Crippen LogP contribution in [0.1, 0.15) is 56.8 Å². The van der Waals surface area contributed by atoms with Gasteiger partial charge in [0.25, 0.3) is 0 Å². The first-order valence-electron chi connectivity index (χ1n) is 7.13. The lowest BCUT2D eigenvalue weighted by atomic mass is 9.86. The van der Waals surface area contributed by atoms with Gasteiger partial charge in [-0.3, -0.25) is 0 Å². The van der Waals surface area contributed by atoms with E-state index in [2.05, 4.69) is 23.6 Å². The normalized spacial score (nSPS) is 17.5.